The van der Waals surface area contributed by atoms with Crippen LogP contribution in [0.1, 0.15) is 5.56 Å². The fourth-order valence-corrected chi connectivity index (χ4v) is 2.46. The number of carbonyl (C=O) groups is 2. The number of aliphatic hydroxyl groups excluding tert-OH is 1. The van der Waals surface area contributed by atoms with Crippen molar-refractivity contribution in [3.8, 4) is 0 Å². The lowest BCUT2D eigenvalue weighted by Crippen LogP contribution is -2.54. The molecular formula is C14H20N5O5. The van der Waals surface area contributed by atoms with E-state index in [2.05, 4.69) is 4.98 Å². The molecule has 2 rings (SSSR count). The van der Waals surface area contributed by atoms with Gasteiger partial charge in [-0.05, 0) is 6.92 Å². The first kappa shape index (κ1) is 17.9. The first-order valence-corrected chi connectivity index (χ1v) is 7.52. The second-order valence-corrected chi connectivity index (χ2v) is 5.64. The highest BCUT2D eigenvalue weighted by Crippen LogP contribution is 2.05. The van der Waals surface area contributed by atoms with Crippen LogP contribution in [0.3, 0.4) is 0 Å². The Hall–Kier alpha value is -2.46. The molecule has 0 aliphatic carbocycles. The lowest BCUT2D eigenvalue weighted by molar-refractivity contribution is -0.141. The Balaban J connectivity index is 1.96. The van der Waals surface area contributed by atoms with Crippen molar-refractivity contribution in [3.63, 3.8) is 0 Å². The van der Waals surface area contributed by atoms with Crippen LogP contribution < -0.4 is 17.0 Å². The Morgan fingerprint density at radius 1 is 1.25 bits per heavy atom. The molecule has 1 fully saturated rings. The van der Waals surface area contributed by atoms with E-state index in [9.17, 15) is 19.2 Å². The van der Waals surface area contributed by atoms with Gasteiger partial charge in [-0.25, -0.2) is 10.5 Å². The van der Waals surface area contributed by atoms with Gasteiger partial charge in [0.15, 0.2) is 0 Å². The summed E-state index contributed by atoms with van der Waals surface area (Å²) in [6.07, 6.45) is 1.34. The molecule has 0 aromatic carbocycles. The maximum Gasteiger partial charge on any atom is 0.328 e. The third-order valence-electron chi connectivity index (χ3n) is 3.92. The molecule has 131 valence electrons. The van der Waals surface area contributed by atoms with Crippen LogP contribution >= 0.6 is 0 Å². The van der Waals surface area contributed by atoms with Crippen molar-refractivity contribution in [1.29, 1.82) is 0 Å². The first-order valence-electron chi connectivity index (χ1n) is 7.52. The molecule has 0 unspecified atom stereocenters. The van der Waals surface area contributed by atoms with Crippen LogP contribution in [-0.2, 0) is 16.1 Å². The predicted molar refractivity (Wildman–Crippen MR) is 83.2 cm³/mol. The summed E-state index contributed by atoms with van der Waals surface area (Å²) >= 11 is 0. The molecule has 10 nitrogen and oxygen atoms in total. The van der Waals surface area contributed by atoms with Crippen LogP contribution in [0, 0.1) is 6.92 Å². The van der Waals surface area contributed by atoms with E-state index in [-0.39, 0.29) is 25.5 Å². The van der Waals surface area contributed by atoms with Crippen molar-refractivity contribution in [2.24, 2.45) is 0 Å². The zero-order valence-electron chi connectivity index (χ0n) is 13.3. The standard InChI is InChI=1S/C14H20N5O5/c1-9-6-19(14(24)16-12(9)22)7-11(21)17-2-4-18(5-3-17)13(23)10(15)8-20/h6,10,15,20H,2-5,7-8H2,1H3,(H,16,22,24)/t10-/m0/s1. The second-order valence-electron chi connectivity index (χ2n) is 5.64. The molecular weight excluding hydrogens is 318 g/mol. The minimum Gasteiger partial charge on any atom is -0.394 e. The van der Waals surface area contributed by atoms with Gasteiger partial charge in [0.25, 0.3) is 5.56 Å². The van der Waals surface area contributed by atoms with Crippen LogP contribution in [0.2, 0.25) is 0 Å². The lowest BCUT2D eigenvalue weighted by Gasteiger charge is -2.35. The van der Waals surface area contributed by atoms with Crippen molar-refractivity contribution < 1.29 is 14.7 Å². The minimum atomic E-state index is -1.20. The zero-order valence-corrected chi connectivity index (χ0v) is 13.3. The summed E-state index contributed by atoms with van der Waals surface area (Å²) < 4.78 is 1.14. The van der Waals surface area contributed by atoms with Crippen molar-refractivity contribution in [1.82, 2.24) is 25.1 Å². The van der Waals surface area contributed by atoms with E-state index in [1.54, 1.807) is 6.92 Å². The van der Waals surface area contributed by atoms with E-state index in [1.165, 1.54) is 16.0 Å². The number of hydrogen-bond acceptors (Lipinski definition) is 5. The zero-order chi connectivity index (χ0) is 17.9. The van der Waals surface area contributed by atoms with Gasteiger partial charge in [0.2, 0.25) is 11.8 Å². The number of rotatable bonds is 4. The van der Waals surface area contributed by atoms with E-state index in [0.29, 0.717) is 18.7 Å². The van der Waals surface area contributed by atoms with Gasteiger partial charge in [0.05, 0.1) is 6.61 Å². The molecule has 1 aromatic rings. The molecule has 1 aromatic heterocycles. The van der Waals surface area contributed by atoms with Crippen LogP contribution in [0.15, 0.2) is 15.8 Å². The number of aliphatic hydroxyl groups is 1. The summed E-state index contributed by atoms with van der Waals surface area (Å²) in [4.78, 5) is 52.2. The van der Waals surface area contributed by atoms with E-state index < -0.39 is 29.8 Å². The molecule has 24 heavy (non-hydrogen) atoms. The smallest absolute Gasteiger partial charge is 0.328 e. The Labute approximate surface area is 137 Å². The summed E-state index contributed by atoms with van der Waals surface area (Å²) in [5.74, 6) is -0.752. The molecule has 2 heterocycles. The normalized spacial score (nSPS) is 16.1. The van der Waals surface area contributed by atoms with Crippen molar-refractivity contribution in [3.05, 3.63) is 32.6 Å². The molecule has 1 aliphatic rings. The molecule has 1 atom stereocenters. The molecule has 0 bridgehead atoms. The van der Waals surface area contributed by atoms with Crippen molar-refractivity contribution >= 4 is 11.8 Å². The van der Waals surface area contributed by atoms with E-state index >= 15 is 0 Å². The average Bonchev–Trinajstić information content (AvgIpc) is 2.58. The number of nitrogens with zero attached hydrogens (tertiary/aromatic N) is 3. The third-order valence-corrected chi connectivity index (χ3v) is 3.92. The van der Waals surface area contributed by atoms with Gasteiger partial charge >= 0.3 is 5.69 Å². The SMILES string of the molecule is Cc1cn(CC(=O)N2CCN(C(=O)[C@@H]([NH])CO)CC2)c(=O)[nH]c1=O. The van der Waals surface area contributed by atoms with Crippen LogP contribution in [-0.4, -0.2) is 75.1 Å². The summed E-state index contributed by atoms with van der Waals surface area (Å²) in [7, 11) is 0. The molecule has 1 radical (unpaired) electrons. The number of piperazine rings is 1. The predicted octanol–water partition coefficient (Wildman–Crippen LogP) is -2.84. The Morgan fingerprint density at radius 2 is 1.83 bits per heavy atom. The van der Waals surface area contributed by atoms with Crippen LogP contribution in [0.5, 0.6) is 0 Å². The molecule has 1 aliphatic heterocycles. The summed E-state index contributed by atoms with van der Waals surface area (Å²) in [5, 5.41) is 8.85. The Kier molecular flexibility index (Phi) is 5.52. The highest BCUT2D eigenvalue weighted by Gasteiger charge is 2.27. The first-order chi connectivity index (χ1) is 11.3. The van der Waals surface area contributed by atoms with Crippen molar-refractivity contribution in [2.75, 3.05) is 32.8 Å². The van der Waals surface area contributed by atoms with Crippen molar-refractivity contribution in [2.45, 2.75) is 19.5 Å². The maximum absolute atomic E-state index is 12.3. The average molecular weight is 338 g/mol. The van der Waals surface area contributed by atoms with Gasteiger partial charge in [-0.3, -0.25) is 23.9 Å². The minimum absolute atomic E-state index is 0.192. The molecule has 0 spiro atoms. The lowest BCUT2D eigenvalue weighted by atomic mass is 10.2. The molecule has 2 amide bonds. The van der Waals surface area contributed by atoms with Gasteiger partial charge < -0.3 is 14.9 Å². The number of amides is 2. The van der Waals surface area contributed by atoms with Gasteiger partial charge in [0, 0.05) is 37.9 Å². The highest BCUT2D eigenvalue weighted by atomic mass is 16.3. The Bertz CT molecular complexity index is 732. The molecule has 1 saturated heterocycles. The van der Waals surface area contributed by atoms with E-state index in [0.717, 1.165) is 4.57 Å². The maximum atomic E-state index is 12.3. The van der Waals surface area contributed by atoms with Gasteiger partial charge in [0.1, 0.15) is 12.6 Å². The summed E-state index contributed by atoms with van der Waals surface area (Å²) in [6.45, 7) is 1.95. The quantitative estimate of drug-likeness (QED) is 0.608. The molecule has 0 saturated carbocycles. The molecule has 3 N–H and O–H groups in total. The van der Waals surface area contributed by atoms with E-state index in [1.807, 2.05) is 0 Å². The number of hydrogen-bond donors (Lipinski definition) is 2. The van der Waals surface area contributed by atoms with E-state index in [4.69, 9.17) is 10.8 Å². The van der Waals surface area contributed by atoms with Gasteiger partial charge in [-0.15, -0.1) is 0 Å². The van der Waals surface area contributed by atoms with Gasteiger partial charge in [-0.1, -0.05) is 0 Å². The number of aryl methyl sites for hydroxylation is 1. The number of aromatic amines is 1. The van der Waals surface area contributed by atoms with Crippen LogP contribution in [0.4, 0.5) is 0 Å². The second kappa shape index (κ2) is 7.41. The number of nitrogens with one attached hydrogen (secondary N) is 2. The summed E-state index contributed by atoms with van der Waals surface area (Å²) in [5.41, 5.74) is 6.63. The summed E-state index contributed by atoms with van der Waals surface area (Å²) in [6, 6.07) is -1.20. The topological polar surface area (TPSA) is 140 Å². The fraction of sp³-hybridized carbons (Fsp3) is 0.571. The van der Waals surface area contributed by atoms with Gasteiger partial charge in [-0.2, -0.15) is 0 Å². The monoisotopic (exact) mass is 338 g/mol. The number of H-pyrrole nitrogens is 1. The molecule has 10 heteroatoms. The number of carbonyl (C=O) groups excluding carboxylic acids is 2. The van der Waals surface area contributed by atoms with Crippen LogP contribution in [0.25, 0.3) is 0 Å². The third kappa shape index (κ3) is 3.89. The Morgan fingerprint density at radius 3 is 2.42 bits per heavy atom. The number of aromatic nitrogens is 2. The largest absolute Gasteiger partial charge is 0.394 e. The highest BCUT2D eigenvalue weighted by molar-refractivity contribution is 5.82. The fourth-order valence-electron chi connectivity index (χ4n) is 2.46.